The Kier molecular flexibility index (Phi) is 6.56. The molecule has 31 heavy (non-hydrogen) atoms. The van der Waals surface area contributed by atoms with E-state index < -0.39 is 59.5 Å². The Labute approximate surface area is 175 Å². The smallest absolute Gasteiger partial charge is 0.335 e. The van der Waals surface area contributed by atoms with Crippen LogP contribution in [0.15, 0.2) is 48.5 Å². The fourth-order valence-electron chi connectivity index (χ4n) is 3.01. The second-order valence-electron chi connectivity index (χ2n) is 6.80. The summed E-state index contributed by atoms with van der Waals surface area (Å²) < 4.78 is 10.2. The number of carbonyl (C=O) groups is 2. The molecule has 0 radical (unpaired) electrons. The first-order valence-corrected chi connectivity index (χ1v) is 9.11. The zero-order chi connectivity index (χ0) is 22.7. The molecule has 0 amide bonds. The van der Waals surface area contributed by atoms with Crippen LogP contribution in [-0.4, -0.2) is 73.1 Å². The van der Waals surface area contributed by atoms with Gasteiger partial charge in [0.2, 0.25) is 6.29 Å². The van der Waals surface area contributed by atoms with E-state index >= 15 is 0 Å². The number of aliphatic carboxylic acids is 1. The van der Waals surface area contributed by atoms with Crippen molar-refractivity contribution in [2.45, 2.75) is 30.7 Å². The van der Waals surface area contributed by atoms with Crippen LogP contribution in [0.1, 0.15) is 15.9 Å². The summed E-state index contributed by atoms with van der Waals surface area (Å²) in [7, 11) is 0. The van der Waals surface area contributed by atoms with Gasteiger partial charge in [0.25, 0.3) is 0 Å². The minimum absolute atomic E-state index is 0.282. The van der Waals surface area contributed by atoms with E-state index in [2.05, 4.69) is 0 Å². The van der Waals surface area contributed by atoms with E-state index in [4.69, 9.17) is 14.6 Å². The number of hydrogen-bond acceptors (Lipinski definition) is 9. The van der Waals surface area contributed by atoms with Crippen LogP contribution in [0.2, 0.25) is 0 Å². The number of ether oxygens (including phenoxy) is 2. The average molecular weight is 432 g/mol. The van der Waals surface area contributed by atoms with Gasteiger partial charge in [-0.05, 0) is 11.6 Å². The number of phenols is 2. The number of carbonyl (C=O) groups excluding carboxylic acids is 1. The quantitative estimate of drug-likeness (QED) is 0.274. The third-order valence-electron chi connectivity index (χ3n) is 4.61. The molecule has 3 rings (SSSR count). The van der Waals surface area contributed by atoms with Crippen LogP contribution in [0, 0.1) is 0 Å². The lowest BCUT2D eigenvalue weighted by Crippen LogP contribution is -2.61. The second-order valence-corrected chi connectivity index (χ2v) is 6.80. The Hall–Kier alpha value is -3.44. The molecule has 1 heterocycles. The summed E-state index contributed by atoms with van der Waals surface area (Å²) in [4.78, 5) is 23.5. The molecule has 10 heteroatoms. The zero-order valence-electron chi connectivity index (χ0n) is 15.9. The van der Waals surface area contributed by atoms with E-state index in [1.54, 1.807) is 30.3 Å². The second kappa shape index (κ2) is 9.14. The van der Waals surface area contributed by atoms with Crippen LogP contribution in [0.3, 0.4) is 0 Å². The predicted octanol–water partition coefficient (Wildman–Crippen LogP) is 0.265. The Bertz CT molecular complexity index is 964. The van der Waals surface area contributed by atoms with Gasteiger partial charge in [-0.2, -0.15) is 0 Å². The molecule has 1 fully saturated rings. The molecule has 0 bridgehead atoms. The molecule has 1 aliphatic heterocycles. The number of aliphatic hydroxyl groups is 3. The summed E-state index contributed by atoms with van der Waals surface area (Å²) in [6.45, 7) is 0. The van der Waals surface area contributed by atoms with Gasteiger partial charge in [-0.15, -0.1) is 0 Å². The number of phenolic OH excluding ortho intramolecular Hbond substituents is 2. The fourth-order valence-corrected chi connectivity index (χ4v) is 3.01. The third-order valence-corrected chi connectivity index (χ3v) is 4.61. The van der Waals surface area contributed by atoms with Crippen molar-refractivity contribution in [2.75, 3.05) is 0 Å². The molecule has 0 aliphatic carbocycles. The standard InChI is InChI=1S/C21H20O10/c22-12(7-6-10-4-2-1-3-5-10)15-13(23)8-11(9-14(15)24)30-21-18(27)16(25)17(26)19(31-21)20(28)29/h1-9,16-19,21,23-27H,(H,28,29). The van der Waals surface area contributed by atoms with Gasteiger partial charge >= 0.3 is 5.97 Å². The molecule has 1 aliphatic rings. The van der Waals surface area contributed by atoms with Gasteiger partial charge in [-0.1, -0.05) is 36.4 Å². The lowest BCUT2D eigenvalue weighted by molar-refractivity contribution is -0.271. The largest absolute Gasteiger partial charge is 0.507 e. The number of allylic oxidation sites excluding steroid dienone is 1. The Balaban J connectivity index is 1.79. The monoisotopic (exact) mass is 432 g/mol. The van der Waals surface area contributed by atoms with Crippen LogP contribution in [0.25, 0.3) is 6.08 Å². The summed E-state index contributed by atoms with van der Waals surface area (Å²) in [5.74, 6) is -3.85. The number of benzene rings is 2. The van der Waals surface area contributed by atoms with Gasteiger partial charge in [-0.3, -0.25) is 4.79 Å². The number of carboxylic acid groups (broad SMARTS) is 1. The molecule has 6 N–H and O–H groups in total. The van der Waals surface area contributed by atoms with Crippen molar-refractivity contribution in [1.29, 1.82) is 0 Å². The molecule has 1 saturated heterocycles. The van der Waals surface area contributed by atoms with Crippen molar-refractivity contribution in [3.63, 3.8) is 0 Å². The first kappa shape index (κ1) is 22.2. The van der Waals surface area contributed by atoms with E-state index in [1.165, 1.54) is 6.08 Å². The summed E-state index contributed by atoms with van der Waals surface area (Å²) in [6, 6.07) is 10.8. The van der Waals surface area contributed by atoms with Crippen molar-refractivity contribution in [2.24, 2.45) is 0 Å². The summed E-state index contributed by atoms with van der Waals surface area (Å²) in [5, 5.41) is 58.9. The van der Waals surface area contributed by atoms with Gasteiger partial charge in [0.1, 0.15) is 41.1 Å². The topological polar surface area (TPSA) is 174 Å². The van der Waals surface area contributed by atoms with Gasteiger partial charge < -0.3 is 40.1 Å². The highest BCUT2D eigenvalue weighted by Crippen LogP contribution is 2.35. The number of hydrogen-bond donors (Lipinski definition) is 6. The van der Waals surface area contributed by atoms with Gasteiger partial charge in [0.15, 0.2) is 11.9 Å². The van der Waals surface area contributed by atoms with Gasteiger partial charge in [-0.25, -0.2) is 4.79 Å². The van der Waals surface area contributed by atoms with Gasteiger partial charge in [0.05, 0.1) is 0 Å². The summed E-state index contributed by atoms with van der Waals surface area (Å²) >= 11 is 0. The van der Waals surface area contributed by atoms with E-state index in [0.29, 0.717) is 0 Å². The molecule has 0 spiro atoms. The number of aromatic hydroxyl groups is 2. The van der Waals surface area contributed by atoms with Crippen LogP contribution >= 0.6 is 0 Å². The Morgan fingerprint density at radius 1 is 0.935 bits per heavy atom. The van der Waals surface area contributed by atoms with Crippen molar-refractivity contribution in [3.05, 3.63) is 59.7 Å². The maximum absolute atomic E-state index is 12.4. The molecular weight excluding hydrogens is 412 g/mol. The zero-order valence-corrected chi connectivity index (χ0v) is 15.9. The SMILES string of the molecule is O=C(C=Cc1ccccc1)c1c(O)cc(OC2OC(C(=O)O)C(O)C(O)C2O)cc1O. The molecule has 5 unspecified atom stereocenters. The highest BCUT2D eigenvalue weighted by Gasteiger charge is 2.48. The molecule has 164 valence electrons. The van der Waals surface area contributed by atoms with Crippen LogP contribution in [0.4, 0.5) is 0 Å². The highest BCUT2D eigenvalue weighted by atomic mass is 16.7. The van der Waals surface area contributed by atoms with E-state index in [9.17, 15) is 35.1 Å². The molecule has 0 aromatic heterocycles. The third kappa shape index (κ3) is 4.84. The highest BCUT2D eigenvalue weighted by molar-refractivity contribution is 6.10. The average Bonchev–Trinajstić information content (AvgIpc) is 2.72. The summed E-state index contributed by atoms with van der Waals surface area (Å²) in [6.07, 6.45) is -6.57. The summed E-state index contributed by atoms with van der Waals surface area (Å²) in [5.41, 5.74) is 0.329. The van der Waals surface area contributed by atoms with Crippen LogP contribution < -0.4 is 4.74 Å². The van der Waals surface area contributed by atoms with Crippen molar-refractivity contribution in [3.8, 4) is 17.2 Å². The van der Waals surface area contributed by atoms with E-state index in [-0.39, 0.29) is 5.75 Å². The first-order chi connectivity index (χ1) is 14.7. The number of ketones is 1. The Morgan fingerprint density at radius 3 is 2.13 bits per heavy atom. The predicted molar refractivity (Wildman–Crippen MR) is 105 cm³/mol. The van der Waals surface area contributed by atoms with E-state index in [0.717, 1.165) is 23.8 Å². The van der Waals surface area contributed by atoms with Crippen molar-refractivity contribution < 1.29 is 49.7 Å². The molecule has 2 aromatic carbocycles. The van der Waals surface area contributed by atoms with Crippen molar-refractivity contribution in [1.82, 2.24) is 0 Å². The molecule has 5 atom stereocenters. The van der Waals surface area contributed by atoms with Crippen LogP contribution in [0.5, 0.6) is 17.2 Å². The normalized spacial score (nSPS) is 26.0. The maximum Gasteiger partial charge on any atom is 0.335 e. The number of rotatable bonds is 6. The molecule has 2 aromatic rings. The fraction of sp³-hybridized carbons (Fsp3) is 0.238. The maximum atomic E-state index is 12.4. The van der Waals surface area contributed by atoms with Crippen molar-refractivity contribution >= 4 is 17.8 Å². The molecule has 0 saturated carbocycles. The van der Waals surface area contributed by atoms with Gasteiger partial charge in [0, 0.05) is 12.1 Å². The number of carboxylic acids is 1. The Morgan fingerprint density at radius 2 is 1.55 bits per heavy atom. The van der Waals surface area contributed by atoms with E-state index in [1.807, 2.05) is 0 Å². The first-order valence-electron chi connectivity index (χ1n) is 9.11. The number of aliphatic hydroxyl groups excluding tert-OH is 3. The molecular formula is C21H20O10. The molecule has 10 nitrogen and oxygen atoms in total. The minimum atomic E-state index is -1.90. The lowest BCUT2D eigenvalue weighted by atomic mass is 9.99. The van der Waals surface area contributed by atoms with Crippen LogP contribution in [-0.2, 0) is 9.53 Å². The lowest BCUT2D eigenvalue weighted by Gasteiger charge is -2.38. The minimum Gasteiger partial charge on any atom is -0.507 e.